The molecule has 0 aliphatic carbocycles. The molecule has 0 fully saturated rings. The zero-order valence-corrected chi connectivity index (χ0v) is 11.3. The Balaban J connectivity index is 2.13. The molecule has 0 spiro atoms. The maximum absolute atomic E-state index is 13.0. The topological polar surface area (TPSA) is 77.7 Å². The van der Waals surface area contributed by atoms with Crippen LogP contribution in [0.15, 0.2) is 53.3 Å². The molecule has 0 amide bonds. The minimum Gasteiger partial charge on any atom is -0.367 e. The summed E-state index contributed by atoms with van der Waals surface area (Å²) in [6, 6.07) is 12.7. The molecule has 0 radical (unpaired) electrons. The summed E-state index contributed by atoms with van der Waals surface area (Å²) in [6.07, 6.45) is 0. The number of nitrogens with two attached hydrogens (primary N) is 1. The van der Waals surface area contributed by atoms with Gasteiger partial charge in [0.1, 0.15) is 5.82 Å². The summed E-state index contributed by atoms with van der Waals surface area (Å²) in [5, 5.41) is 4.22. The van der Waals surface area contributed by atoms with Gasteiger partial charge in [0.05, 0.1) is 11.0 Å². The van der Waals surface area contributed by atoms with Gasteiger partial charge < -0.3 is 5.73 Å². The number of para-hydroxylation sites is 2. The van der Waals surface area contributed by atoms with Crippen molar-refractivity contribution in [1.29, 1.82) is 0 Å². The highest BCUT2D eigenvalue weighted by Crippen LogP contribution is 2.17. The van der Waals surface area contributed by atoms with Crippen LogP contribution in [0, 0.1) is 5.82 Å². The highest BCUT2D eigenvalue weighted by Gasteiger charge is 2.15. The quantitative estimate of drug-likeness (QED) is 0.580. The third kappa shape index (κ3) is 1.69. The number of benzene rings is 2. The Morgan fingerprint density at radius 2 is 1.77 bits per heavy atom. The summed E-state index contributed by atoms with van der Waals surface area (Å²) < 4.78 is 15.7. The Morgan fingerprint density at radius 3 is 2.55 bits per heavy atom. The Labute approximate surface area is 123 Å². The van der Waals surface area contributed by atoms with E-state index in [4.69, 9.17) is 5.73 Å². The fraction of sp³-hybridized carbons (Fsp3) is 0. The van der Waals surface area contributed by atoms with Crippen molar-refractivity contribution < 1.29 is 4.39 Å². The molecule has 2 aromatic heterocycles. The van der Waals surface area contributed by atoms with Gasteiger partial charge in [-0.25, -0.2) is 9.37 Å². The summed E-state index contributed by atoms with van der Waals surface area (Å²) in [7, 11) is 0. The zero-order valence-electron chi connectivity index (χ0n) is 11.3. The van der Waals surface area contributed by atoms with E-state index in [-0.39, 0.29) is 23.0 Å². The Kier molecular flexibility index (Phi) is 2.50. The van der Waals surface area contributed by atoms with Crippen LogP contribution in [0.25, 0.3) is 22.3 Å². The molecule has 0 saturated carbocycles. The third-order valence-electron chi connectivity index (χ3n) is 3.45. The van der Waals surface area contributed by atoms with Gasteiger partial charge in [-0.05, 0) is 36.4 Å². The van der Waals surface area contributed by atoms with Gasteiger partial charge in [-0.3, -0.25) is 4.79 Å². The molecule has 2 heterocycles. The van der Waals surface area contributed by atoms with Gasteiger partial charge in [0, 0.05) is 5.56 Å². The van der Waals surface area contributed by atoms with E-state index in [9.17, 15) is 9.18 Å². The second-order valence-electron chi connectivity index (χ2n) is 4.82. The van der Waals surface area contributed by atoms with Crippen molar-refractivity contribution in [3.05, 3.63) is 64.7 Å². The summed E-state index contributed by atoms with van der Waals surface area (Å²) >= 11 is 0. The van der Waals surface area contributed by atoms with Gasteiger partial charge in [0.15, 0.2) is 5.69 Å². The van der Waals surface area contributed by atoms with E-state index in [2.05, 4.69) is 10.1 Å². The van der Waals surface area contributed by atoms with Crippen LogP contribution in [0.3, 0.4) is 0 Å². The molecule has 7 heteroatoms. The zero-order chi connectivity index (χ0) is 15.3. The standard InChI is InChI=1S/C15H10FN5O/c16-10-7-5-9(6-8-10)13-14(22)20-12-4-2-1-3-11(12)18-15(17)21(20)19-13/h1-8H,(H2,17,18). The molecule has 0 atom stereocenters. The van der Waals surface area contributed by atoms with Crippen molar-refractivity contribution in [2.75, 3.05) is 5.73 Å². The molecule has 2 N–H and O–H groups in total. The lowest BCUT2D eigenvalue weighted by Crippen LogP contribution is -2.17. The molecular weight excluding hydrogens is 285 g/mol. The molecule has 0 aliphatic heterocycles. The number of nitrogens with zero attached hydrogens (tertiary/aromatic N) is 4. The molecule has 0 bridgehead atoms. The number of halogens is 1. The molecule has 4 aromatic rings. The van der Waals surface area contributed by atoms with Crippen LogP contribution in [0.5, 0.6) is 0 Å². The fourth-order valence-corrected chi connectivity index (χ4v) is 2.43. The van der Waals surface area contributed by atoms with Gasteiger partial charge in [-0.1, -0.05) is 12.1 Å². The van der Waals surface area contributed by atoms with E-state index in [0.717, 1.165) is 0 Å². The lowest BCUT2D eigenvalue weighted by Gasteiger charge is -2.03. The monoisotopic (exact) mass is 295 g/mol. The average Bonchev–Trinajstić information content (AvgIpc) is 2.87. The fourth-order valence-electron chi connectivity index (χ4n) is 2.43. The van der Waals surface area contributed by atoms with Crippen LogP contribution in [-0.2, 0) is 0 Å². The summed E-state index contributed by atoms with van der Waals surface area (Å²) in [4.78, 5) is 16.9. The Hall–Kier alpha value is -3.22. The number of hydrogen-bond donors (Lipinski definition) is 1. The highest BCUT2D eigenvalue weighted by atomic mass is 19.1. The molecule has 108 valence electrons. The smallest absolute Gasteiger partial charge is 0.300 e. The van der Waals surface area contributed by atoms with Gasteiger partial charge in [0.2, 0.25) is 5.95 Å². The van der Waals surface area contributed by atoms with Gasteiger partial charge in [-0.15, -0.1) is 9.73 Å². The van der Waals surface area contributed by atoms with E-state index >= 15 is 0 Å². The van der Waals surface area contributed by atoms with E-state index in [1.165, 1.54) is 33.4 Å². The first-order valence-corrected chi connectivity index (χ1v) is 6.57. The van der Waals surface area contributed by atoms with E-state index < -0.39 is 0 Å². The van der Waals surface area contributed by atoms with Crippen LogP contribution in [0.1, 0.15) is 0 Å². The van der Waals surface area contributed by atoms with Crippen LogP contribution < -0.4 is 11.3 Å². The van der Waals surface area contributed by atoms with Gasteiger partial charge in [-0.2, -0.15) is 4.52 Å². The number of fused-ring (bicyclic) bond motifs is 3. The number of anilines is 1. The lowest BCUT2D eigenvalue weighted by atomic mass is 10.2. The van der Waals surface area contributed by atoms with Crippen LogP contribution in [0.2, 0.25) is 0 Å². The largest absolute Gasteiger partial charge is 0.367 e. The number of rotatable bonds is 1. The van der Waals surface area contributed by atoms with Crippen molar-refractivity contribution >= 4 is 17.0 Å². The predicted molar refractivity (Wildman–Crippen MR) is 80.0 cm³/mol. The molecule has 2 aromatic carbocycles. The first-order chi connectivity index (χ1) is 10.6. The summed E-state index contributed by atoms with van der Waals surface area (Å²) in [5.41, 5.74) is 7.45. The predicted octanol–water partition coefficient (Wildman–Crippen LogP) is 1.73. The number of nitrogen functional groups attached to an aromatic ring is 1. The molecule has 0 aliphatic rings. The van der Waals surface area contributed by atoms with Crippen molar-refractivity contribution in [2.45, 2.75) is 0 Å². The van der Waals surface area contributed by atoms with Crippen molar-refractivity contribution in [2.24, 2.45) is 0 Å². The van der Waals surface area contributed by atoms with Gasteiger partial charge >= 0.3 is 0 Å². The average molecular weight is 295 g/mol. The lowest BCUT2D eigenvalue weighted by molar-refractivity contribution is 0.628. The molecule has 0 saturated heterocycles. The third-order valence-corrected chi connectivity index (χ3v) is 3.45. The minimum atomic E-state index is -0.376. The van der Waals surface area contributed by atoms with Crippen molar-refractivity contribution in [3.63, 3.8) is 0 Å². The second kappa shape index (κ2) is 4.39. The SMILES string of the molecule is Nc1nc2ccccc2n2c(=O)c(-c3ccc(F)cc3)nn12. The second-order valence-corrected chi connectivity index (χ2v) is 4.82. The minimum absolute atomic E-state index is 0.101. The van der Waals surface area contributed by atoms with Crippen LogP contribution >= 0.6 is 0 Å². The molecule has 4 rings (SSSR count). The highest BCUT2D eigenvalue weighted by molar-refractivity contribution is 5.75. The summed E-state index contributed by atoms with van der Waals surface area (Å²) in [6.45, 7) is 0. The van der Waals surface area contributed by atoms with Gasteiger partial charge in [0.25, 0.3) is 5.56 Å². The Bertz CT molecular complexity index is 1070. The van der Waals surface area contributed by atoms with Crippen LogP contribution in [0.4, 0.5) is 10.3 Å². The molecule has 22 heavy (non-hydrogen) atoms. The molecular formula is C15H10FN5O. The van der Waals surface area contributed by atoms with Crippen LogP contribution in [-0.4, -0.2) is 19.2 Å². The maximum Gasteiger partial charge on any atom is 0.300 e. The normalized spacial score (nSPS) is 11.3. The summed E-state index contributed by atoms with van der Waals surface area (Å²) in [5.74, 6) is -0.275. The Morgan fingerprint density at radius 1 is 1.05 bits per heavy atom. The van der Waals surface area contributed by atoms with E-state index in [1.807, 2.05) is 6.07 Å². The first-order valence-electron chi connectivity index (χ1n) is 6.57. The first kappa shape index (κ1) is 12.5. The van der Waals surface area contributed by atoms with E-state index in [1.54, 1.807) is 18.2 Å². The molecule has 6 nitrogen and oxygen atoms in total. The number of aromatic nitrogens is 4. The maximum atomic E-state index is 13.0. The van der Waals surface area contributed by atoms with E-state index in [0.29, 0.717) is 16.6 Å². The molecule has 0 unspecified atom stereocenters. The number of hydrogen-bond acceptors (Lipinski definition) is 4. The van der Waals surface area contributed by atoms with Crippen molar-refractivity contribution in [3.8, 4) is 11.3 Å². The van der Waals surface area contributed by atoms with Crippen molar-refractivity contribution in [1.82, 2.24) is 19.2 Å².